The van der Waals surface area contributed by atoms with Crippen LogP contribution in [-0.2, 0) is 4.79 Å². The summed E-state index contributed by atoms with van der Waals surface area (Å²) in [4.78, 5) is 21.5. The van der Waals surface area contributed by atoms with E-state index in [9.17, 15) is 4.79 Å². The number of carboxylic acid groups (broad SMARTS) is 1. The van der Waals surface area contributed by atoms with Crippen LogP contribution >= 0.6 is 0 Å². The first-order valence-corrected chi connectivity index (χ1v) is 6.53. The van der Waals surface area contributed by atoms with Crippen LogP contribution in [0.3, 0.4) is 0 Å². The molecule has 0 saturated carbocycles. The lowest BCUT2D eigenvalue weighted by atomic mass is 10.1. The van der Waals surface area contributed by atoms with Gasteiger partial charge in [0, 0.05) is 31.3 Å². The number of anilines is 1. The molecule has 1 aliphatic rings. The van der Waals surface area contributed by atoms with Crippen molar-refractivity contribution in [1.82, 2.24) is 9.97 Å². The normalized spacial score (nSPS) is 18.6. The van der Waals surface area contributed by atoms with Crippen molar-refractivity contribution < 1.29 is 14.6 Å². The smallest absolute Gasteiger partial charge is 0.303 e. The largest absolute Gasteiger partial charge is 0.481 e. The van der Waals surface area contributed by atoms with Crippen molar-refractivity contribution in [1.29, 1.82) is 0 Å². The van der Waals surface area contributed by atoms with E-state index < -0.39 is 5.97 Å². The highest BCUT2D eigenvalue weighted by molar-refractivity contribution is 5.67. The Kier molecular flexibility index (Phi) is 4.19. The Morgan fingerprint density at radius 1 is 1.58 bits per heavy atom. The van der Waals surface area contributed by atoms with Crippen molar-refractivity contribution in [2.45, 2.75) is 26.7 Å². The van der Waals surface area contributed by atoms with Crippen LogP contribution < -0.4 is 9.64 Å². The molecule has 104 valence electrons. The van der Waals surface area contributed by atoms with Crippen molar-refractivity contribution in [3.05, 3.63) is 11.8 Å². The summed E-state index contributed by atoms with van der Waals surface area (Å²) in [5, 5.41) is 8.82. The van der Waals surface area contributed by atoms with Crippen LogP contribution in [0.5, 0.6) is 5.88 Å². The molecule has 1 fully saturated rings. The van der Waals surface area contributed by atoms with E-state index in [0.29, 0.717) is 25.0 Å². The fourth-order valence-electron chi connectivity index (χ4n) is 2.32. The maximum absolute atomic E-state index is 10.7. The Balaban J connectivity index is 2.08. The first-order chi connectivity index (χ1) is 9.08. The van der Waals surface area contributed by atoms with Gasteiger partial charge in [-0.2, -0.15) is 4.98 Å². The minimum atomic E-state index is -0.744. The molecule has 1 N–H and O–H groups in total. The summed E-state index contributed by atoms with van der Waals surface area (Å²) < 4.78 is 5.41. The van der Waals surface area contributed by atoms with Gasteiger partial charge in [0.1, 0.15) is 0 Å². The third kappa shape index (κ3) is 3.56. The zero-order valence-corrected chi connectivity index (χ0v) is 11.3. The molecule has 19 heavy (non-hydrogen) atoms. The number of hydrogen-bond acceptors (Lipinski definition) is 5. The molecule has 1 unspecified atom stereocenters. The van der Waals surface area contributed by atoms with E-state index >= 15 is 0 Å². The summed E-state index contributed by atoms with van der Waals surface area (Å²) in [6.07, 6.45) is 1.08. The maximum Gasteiger partial charge on any atom is 0.303 e. The third-order valence-electron chi connectivity index (χ3n) is 3.14. The van der Waals surface area contributed by atoms with Gasteiger partial charge in [-0.3, -0.25) is 4.79 Å². The second-order valence-corrected chi connectivity index (χ2v) is 4.78. The number of aryl methyl sites for hydroxylation is 1. The van der Waals surface area contributed by atoms with Crippen molar-refractivity contribution >= 4 is 11.9 Å². The van der Waals surface area contributed by atoms with E-state index in [1.54, 1.807) is 6.07 Å². The molecule has 0 aromatic carbocycles. The van der Waals surface area contributed by atoms with Crippen LogP contribution in [-0.4, -0.2) is 40.7 Å². The fourth-order valence-corrected chi connectivity index (χ4v) is 2.32. The second-order valence-electron chi connectivity index (χ2n) is 4.78. The van der Waals surface area contributed by atoms with E-state index in [1.165, 1.54) is 0 Å². The molecular weight excluding hydrogens is 246 g/mol. The van der Waals surface area contributed by atoms with Crippen molar-refractivity contribution in [3.63, 3.8) is 0 Å². The predicted molar refractivity (Wildman–Crippen MR) is 70.5 cm³/mol. The summed E-state index contributed by atoms with van der Waals surface area (Å²) in [6, 6.07) is 1.80. The van der Waals surface area contributed by atoms with Crippen LogP contribution in [0.1, 0.15) is 25.5 Å². The Morgan fingerprint density at radius 2 is 2.37 bits per heavy atom. The van der Waals surface area contributed by atoms with Crippen LogP contribution in [0.4, 0.5) is 5.95 Å². The number of carbonyl (C=O) groups is 1. The van der Waals surface area contributed by atoms with Crippen molar-refractivity contribution in [2.24, 2.45) is 5.92 Å². The Hall–Kier alpha value is -1.85. The molecule has 1 atom stereocenters. The first-order valence-electron chi connectivity index (χ1n) is 6.53. The van der Waals surface area contributed by atoms with Gasteiger partial charge >= 0.3 is 5.97 Å². The van der Waals surface area contributed by atoms with Gasteiger partial charge in [0.25, 0.3) is 0 Å². The van der Waals surface area contributed by atoms with Crippen molar-refractivity contribution in [2.75, 3.05) is 24.6 Å². The lowest BCUT2D eigenvalue weighted by Crippen LogP contribution is -2.23. The topological polar surface area (TPSA) is 75.5 Å². The molecule has 6 nitrogen and oxygen atoms in total. The summed E-state index contributed by atoms with van der Waals surface area (Å²) in [5.74, 6) is 0.646. The molecule has 0 spiro atoms. The molecule has 1 aromatic rings. The lowest BCUT2D eigenvalue weighted by Gasteiger charge is -2.17. The third-order valence-corrected chi connectivity index (χ3v) is 3.14. The number of nitrogens with zero attached hydrogens (tertiary/aromatic N) is 3. The molecule has 1 aromatic heterocycles. The van der Waals surface area contributed by atoms with Crippen LogP contribution in [0.15, 0.2) is 6.07 Å². The number of rotatable bonds is 5. The Morgan fingerprint density at radius 3 is 3.05 bits per heavy atom. The summed E-state index contributed by atoms with van der Waals surface area (Å²) in [6.45, 7) is 5.88. The number of hydrogen-bond donors (Lipinski definition) is 1. The monoisotopic (exact) mass is 265 g/mol. The molecular formula is C13H19N3O3. The molecule has 1 saturated heterocycles. The molecule has 6 heteroatoms. The van der Waals surface area contributed by atoms with E-state index in [4.69, 9.17) is 9.84 Å². The summed E-state index contributed by atoms with van der Waals surface area (Å²) in [5.41, 5.74) is 0.857. The highest BCUT2D eigenvalue weighted by atomic mass is 16.5. The molecule has 0 radical (unpaired) electrons. The van der Waals surface area contributed by atoms with Crippen molar-refractivity contribution in [3.8, 4) is 5.88 Å². The SMILES string of the molecule is CCOc1cc(C)nc(N2CCC(CC(=O)O)C2)n1. The molecule has 2 heterocycles. The maximum atomic E-state index is 10.7. The van der Waals surface area contributed by atoms with E-state index in [-0.39, 0.29) is 12.3 Å². The molecule has 2 rings (SSSR count). The molecule has 0 amide bonds. The number of ether oxygens (including phenoxy) is 1. The van der Waals surface area contributed by atoms with E-state index in [2.05, 4.69) is 9.97 Å². The average Bonchev–Trinajstić information content (AvgIpc) is 2.76. The second kappa shape index (κ2) is 5.86. The van der Waals surface area contributed by atoms with Crippen LogP contribution in [0.25, 0.3) is 0 Å². The minimum absolute atomic E-state index is 0.178. The summed E-state index contributed by atoms with van der Waals surface area (Å²) >= 11 is 0. The molecule has 1 aliphatic heterocycles. The predicted octanol–water partition coefficient (Wildman–Crippen LogP) is 1.48. The van der Waals surface area contributed by atoms with Gasteiger partial charge in [0.15, 0.2) is 0 Å². The van der Waals surface area contributed by atoms with Gasteiger partial charge in [0.05, 0.1) is 6.61 Å². The zero-order valence-electron chi connectivity index (χ0n) is 11.3. The highest BCUT2D eigenvalue weighted by Gasteiger charge is 2.26. The average molecular weight is 265 g/mol. The molecule has 0 aliphatic carbocycles. The Bertz CT molecular complexity index is 464. The number of carboxylic acids is 1. The summed E-state index contributed by atoms with van der Waals surface area (Å²) in [7, 11) is 0. The standard InChI is InChI=1S/C13H19N3O3/c1-3-19-11-6-9(2)14-13(15-11)16-5-4-10(8-16)7-12(17)18/h6,10H,3-5,7-8H2,1-2H3,(H,17,18). The van der Waals surface area contributed by atoms with Gasteiger partial charge in [-0.25, -0.2) is 4.98 Å². The van der Waals surface area contributed by atoms with Gasteiger partial charge < -0.3 is 14.7 Å². The lowest BCUT2D eigenvalue weighted by molar-refractivity contribution is -0.137. The zero-order chi connectivity index (χ0) is 13.8. The van der Waals surface area contributed by atoms with Gasteiger partial charge in [-0.1, -0.05) is 0 Å². The van der Waals surface area contributed by atoms with E-state index in [0.717, 1.165) is 18.7 Å². The van der Waals surface area contributed by atoms with Gasteiger partial charge in [-0.05, 0) is 26.2 Å². The quantitative estimate of drug-likeness (QED) is 0.869. The van der Waals surface area contributed by atoms with Gasteiger partial charge in [-0.15, -0.1) is 0 Å². The van der Waals surface area contributed by atoms with Crippen LogP contribution in [0, 0.1) is 12.8 Å². The van der Waals surface area contributed by atoms with E-state index in [1.807, 2.05) is 18.7 Å². The van der Waals surface area contributed by atoms with Crippen LogP contribution in [0.2, 0.25) is 0 Å². The number of aromatic nitrogens is 2. The highest BCUT2D eigenvalue weighted by Crippen LogP contribution is 2.24. The first kappa shape index (κ1) is 13.6. The van der Waals surface area contributed by atoms with Gasteiger partial charge in [0.2, 0.25) is 11.8 Å². The minimum Gasteiger partial charge on any atom is -0.481 e. The molecule has 0 bridgehead atoms. The fraction of sp³-hybridized carbons (Fsp3) is 0.615. The Labute approximate surface area is 112 Å². The number of aliphatic carboxylic acids is 1.